The van der Waals surface area contributed by atoms with Crippen LogP contribution in [-0.2, 0) is 0 Å². The molecule has 0 unspecified atom stereocenters. The number of nitrogens with zero attached hydrogens (tertiary/aromatic N) is 2. The van der Waals surface area contributed by atoms with E-state index in [1.54, 1.807) is 24.3 Å². The molecule has 0 atom stereocenters. The quantitative estimate of drug-likeness (QED) is 0.699. The summed E-state index contributed by atoms with van der Waals surface area (Å²) in [6.07, 6.45) is 0. The Bertz CT molecular complexity index is 911. The molecule has 4 nitrogen and oxygen atoms in total. The van der Waals surface area contributed by atoms with Crippen LogP contribution in [0.25, 0.3) is 11.0 Å². The second kappa shape index (κ2) is 5.03. The van der Waals surface area contributed by atoms with Gasteiger partial charge in [-0.25, -0.2) is 0 Å². The first-order valence-corrected chi connectivity index (χ1v) is 6.33. The number of hydrogen-bond acceptors (Lipinski definition) is 4. The van der Waals surface area contributed by atoms with Crippen molar-refractivity contribution in [3.8, 4) is 23.6 Å². The summed E-state index contributed by atoms with van der Waals surface area (Å²) in [6, 6.07) is 16.6. The first kappa shape index (κ1) is 12.8. The highest BCUT2D eigenvalue weighted by Gasteiger charge is 2.16. The van der Waals surface area contributed by atoms with Gasteiger partial charge in [0.2, 0.25) is 5.76 Å². The van der Waals surface area contributed by atoms with E-state index in [2.05, 4.69) is 6.07 Å². The highest BCUT2D eigenvalue weighted by molar-refractivity contribution is 5.86. The summed E-state index contributed by atoms with van der Waals surface area (Å²) in [5.74, 6) is 1.10. The maximum absolute atomic E-state index is 9.17. The summed E-state index contributed by atoms with van der Waals surface area (Å²) in [5, 5.41) is 18.9. The van der Waals surface area contributed by atoms with Crippen LogP contribution in [0.4, 0.5) is 0 Å². The van der Waals surface area contributed by atoms with Crippen molar-refractivity contribution < 1.29 is 9.15 Å². The van der Waals surface area contributed by atoms with Crippen LogP contribution in [0.2, 0.25) is 0 Å². The van der Waals surface area contributed by atoms with Crippen molar-refractivity contribution in [2.24, 2.45) is 0 Å². The monoisotopic (exact) mass is 274 g/mol. The van der Waals surface area contributed by atoms with Gasteiger partial charge in [-0.1, -0.05) is 12.1 Å². The Morgan fingerprint density at radius 2 is 1.86 bits per heavy atom. The smallest absolute Gasteiger partial charge is 0.247 e. The summed E-state index contributed by atoms with van der Waals surface area (Å²) in [5.41, 5.74) is 2.02. The first-order chi connectivity index (χ1) is 10.2. The van der Waals surface area contributed by atoms with Crippen LogP contribution >= 0.6 is 0 Å². The maximum atomic E-state index is 9.17. The van der Waals surface area contributed by atoms with Gasteiger partial charge in [-0.05, 0) is 42.8 Å². The lowest BCUT2D eigenvalue weighted by Crippen LogP contribution is -1.88. The molecule has 21 heavy (non-hydrogen) atoms. The van der Waals surface area contributed by atoms with E-state index in [1.807, 2.05) is 31.2 Å². The van der Waals surface area contributed by atoms with Crippen molar-refractivity contribution >= 4 is 11.0 Å². The minimum absolute atomic E-state index is 0.137. The van der Waals surface area contributed by atoms with Crippen molar-refractivity contribution in [1.82, 2.24) is 0 Å². The van der Waals surface area contributed by atoms with E-state index in [1.165, 1.54) is 0 Å². The maximum Gasteiger partial charge on any atom is 0.247 e. The van der Waals surface area contributed by atoms with E-state index >= 15 is 0 Å². The molecule has 4 heteroatoms. The van der Waals surface area contributed by atoms with Crippen LogP contribution in [0.15, 0.2) is 46.9 Å². The van der Waals surface area contributed by atoms with E-state index in [-0.39, 0.29) is 5.76 Å². The average molecular weight is 274 g/mol. The third-order valence-electron chi connectivity index (χ3n) is 3.19. The molecule has 0 spiro atoms. The molecule has 1 heterocycles. The van der Waals surface area contributed by atoms with Gasteiger partial charge in [-0.3, -0.25) is 0 Å². The van der Waals surface area contributed by atoms with Gasteiger partial charge in [0, 0.05) is 0 Å². The van der Waals surface area contributed by atoms with Crippen molar-refractivity contribution in [3.05, 3.63) is 59.4 Å². The lowest BCUT2D eigenvalue weighted by Gasteiger charge is -2.06. The number of para-hydroxylation sites is 1. The predicted octanol–water partition coefficient (Wildman–Crippen LogP) is 4.28. The molecule has 0 fully saturated rings. The Kier molecular flexibility index (Phi) is 3.06. The molecule has 0 radical (unpaired) electrons. The summed E-state index contributed by atoms with van der Waals surface area (Å²) < 4.78 is 11.3. The van der Waals surface area contributed by atoms with E-state index in [0.29, 0.717) is 22.6 Å². The summed E-state index contributed by atoms with van der Waals surface area (Å²) in [4.78, 5) is 0. The Balaban J connectivity index is 2.08. The van der Waals surface area contributed by atoms with E-state index < -0.39 is 0 Å². The number of hydrogen-bond donors (Lipinski definition) is 0. The molecule has 0 aliphatic heterocycles. The fourth-order valence-corrected chi connectivity index (χ4v) is 2.14. The third-order valence-corrected chi connectivity index (χ3v) is 3.19. The van der Waals surface area contributed by atoms with Crippen LogP contribution in [-0.4, -0.2) is 0 Å². The Labute approximate surface area is 121 Å². The number of ether oxygens (including phenoxy) is 1. The van der Waals surface area contributed by atoms with Gasteiger partial charge >= 0.3 is 0 Å². The van der Waals surface area contributed by atoms with Crippen LogP contribution in [0.1, 0.15) is 16.9 Å². The number of benzene rings is 2. The average Bonchev–Trinajstić information content (AvgIpc) is 2.86. The molecule has 100 valence electrons. The molecule has 3 aromatic rings. The second-order valence-corrected chi connectivity index (χ2v) is 4.56. The van der Waals surface area contributed by atoms with Gasteiger partial charge in [0.05, 0.1) is 17.0 Å². The molecule has 0 bridgehead atoms. The van der Waals surface area contributed by atoms with E-state index in [0.717, 1.165) is 10.9 Å². The first-order valence-electron chi connectivity index (χ1n) is 6.33. The SMILES string of the molecule is Cc1cc(Oc2c(C#N)oc3ccccc23)ccc1C#N. The molecule has 0 saturated heterocycles. The van der Waals surface area contributed by atoms with Gasteiger partial charge in [-0.15, -0.1) is 0 Å². The summed E-state index contributed by atoms with van der Waals surface area (Å²) in [7, 11) is 0. The minimum Gasteiger partial charge on any atom is -0.452 e. The Hall–Kier alpha value is -3.24. The number of furan rings is 1. The van der Waals surface area contributed by atoms with Crippen LogP contribution < -0.4 is 4.74 Å². The lowest BCUT2D eigenvalue weighted by atomic mass is 10.1. The van der Waals surface area contributed by atoms with Gasteiger partial charge in [0.15, 0.2) is 5.75 Å². The van der Waals surface area contributed by atoms with Crippen molar-refractivity contribution in [1.29, 1.82) is 10.5 Å². The minimum atomic E-state index is 0.137. The fraction of sp³-hybridized carbons (Fsp3) is 0.0588. The largest absolute Gasteiger partial charge is 0.452 e. The topological polar surface area (TPSA) is 69.9 Å². The molecule has 0 aliphatic carbocycles. The van der Waals surface area contributed by atoms with Gasteiger partial charge in [0.1, 0.15) is 17.4 Å². The molecular weight excluding hydrogens is 264 g/mol. The van der Waals surface area contributed by atoms with E-state index in [9.17, 15) is 0 Å². The normalized spacial score (nSPS) is 10.0. The highest BCUT2D eigenvalue weighted by atomic mass is 16.5. The van der Waals surface area contributed by atoms with Crippen molar-refractivity contribution in [3.63, 3.8) is 0 Å². The molecule has 1 aromatic heterocycles. The Morgan fingerprint density at radius 3 is 2.57 bits per heavy atom. The van der Waals surface area contributed by atoms with E-state index in [4.69, 9.17) is 19.7 Å². The van der Waals surface area contributed by atoms with Crippen LogP contribution in [0, 0.1) is 29.6 Å². The van der Waals surface area contributed by atoms with Gasteiger partial charge < -0.3 is 9.15 Å². The number of nitriles is 2. The lowest BCUT2D eigenvalue weighted by molar-refractivity contribution is 0.466. The molecule has 3 rings (SSSR count). The molecule has 0 amide bonds. The predicted molar refractivity (Wildman–Crippen MR) is 76.9 cm³/mol. The van der Waals surface area contributed by atoms with Crippen LogP contribution in [0.3, 0.4) is 0 Å². The van der Waals surface area contributed by atoms with Gasteiger partial charge in [-0.2, -0.15) is 10.5 Å². The number of rotatable bonds is 2. The molecule has 2 aromatic carbocycles. The zero-order chi connectivity index (χ0) is 14.8. The highest BCUT2D eigenvalue weighted by Crippen LogP contribution is 2.36. The molecule has 0 saturated carbocycles. The van der Waals surface area contributed by atoms with Crippen molar-refractivity contribution in [2.45, 2.75) is 6.92 Å². The third kappa shape index (κ3) is 2.20. The summed E-state index contributed by atoms with van der Waals surface area (Å²) in [6.45, 7) is 1.84. The summed E-state index contributed by atoms with van der Waals surface area (Å²) >= 11 is 0. The van der Waals surface area contributed by atoms with Crippen LogP contribution in [0.5, 0.6) is 11.5 Å². The van der Waals surface area contributed by atoms with Crippen molar-refractivity contribution in [2.75, 3.05) is 0 Å². The zero-order valence-corrected chi connectivity index (χ0v) is 11.3. The molecule has 0 aliphatic rings. The molecule has 0 N–H and O–H groups in total. The zero-order valence-electron chi connectivity index (χ0n) is 11.3. The number of fused-ring (bicyclic) bond motifs is 1. The number of aryl methyl sites for hydroxylation is 1. The van der Waals surface area contributed by atoms with Gasteiger partial charge in [0.25, 0.3) is 0 Å². The second-order valence-electron chi connectivity index (χ2n) is 4.56. The standard InChI is InChI=1S/C17H10N2O2/c1-11-8-13(7-6-12(11)9-18)20-17-14-4-2-3-5-15(14)21-16(17)10-19/h2-8H,1H3. The fourth-order valence-electron chi connectivity index (χ4n) is 2.14. The molecular formula is C17H10N2O2. The Morgan fingerprint density at radius 1 is 1.05 bits per heavy atom.